The fourth-order valence-electron chi connectivity index (χ4n) is 2.58. The van der Waals surface area contributed by atoms with Crippen LogP contribution in [0.15, 0.2) is 18.2 Å². The molecular formula is C17H28FN. The molecule has 108 valence electrons. The second kappa shape index (κ2) is 7.04. The summed E-state index contributed by atoms with van der Waals surface area (Å²) in [6.45, 7) is 11.9. The Kier molecular flexibility index (Phi) is 5.99. The molecule has 0 fully saturated rings. The number of nitrogens with one attached hydrogen (secondary N) is 1. The highest BCUT2D eigenvalue weighted by Gasteiger charge is 2.24. The first-order valence-electron chi connectivity index (χ1n) is 7.35. The van der Waals surface area contributed by atoms with Crippen molar-refractivity contribution in [2.75, 3.05) is 6.54 Å². The molecule has 1 nitrogen and oxygen atoms in total. The molecule has 1 N–H and O–H groups in total. The van der Waals surface area contributed by atoms with Gasteiger partial charge in [-0.15, -0.1) is 0 Å². The molecule has 0 aliphatic heterocycles. The molecule has 0 bridgehead atoms. The molecule has 0 saturated carbocycles. The summed E-state index contributed by atoms with van der Waals surface area (Å²) in [7, 11) is 0. The van der Waals surface area contributed by atoms with E-state index in [0.29, 0.717) is 6.04 Å². The lowest BCUT2D eigenvalue weighted by molar-refractivity contribution is 0.266. The quantitative estimate of drug-likeness (QED) is 0.766. The Morgan fingerprint density at radius 2 is 2.00 bits per heavy atom. The molecular weight excluding hydrogens is 237 g/mol. The topological polar surface area (TPSA) is 12.0 Å². The van der Waals surface area contributed by atoms with Crippen molar-refractivity contribution in [1.82, 2.24) is 5.32 Å². The maximum absolute atomic E-state index is 13.4. The van der Waals surface area contributed by atoms with E-state index in [1.54, 1.807) is 12.1 Å². The fraction of sp³-hybridized carbons (Fsp3) is 0.647. The molecule has 0 amide bonds. The highest BCUT2D eigenvalue weighted by atomic mass is 19.1. The van der Waals surface area contributed by atoms with Crippen molar-refractivity contribution in [1.29, 1.82) is 0 Å². The zero-order chi connectivity index (χ0) is 14.5. The molecule has 2 heteroatoms. The minimum atomic E-state index is -0.128. The van der Waals surface area contributed by atoms with Gasteiger partial charge in [-0.1, -0.05) is 40.2 Å². The summed E-state index contributed by atoms with van der Waals surface area (Å²) >= 11 is 0. The van der Waals surface area contributed by atoms with Crippen molar-refractivity contribution >= 4 is 0 Å². The normalized spacial score (nSPS) is 14.7. The van der Waals surface area contributed by atoms with Crippen LogP contribution in [0.2, 0.25) is 0 Å². The minimum Gasteiger partial charge on any atom is -0.314 e. The van der Waals surface area contributed by atoms with Crippen molar-refractivity contribution < 1.29 is 4.39 Å². The summed E-state index contributed by atoms with van der Waals surface area (Å²) in [5.41, 5.74) is 2.52. The monoisotopic (exact) mass is 265 g/mol. The average molecular weight is 265 g/mol. The van der Waals surface area contributed by atoms with Gasteiger partial charge in [0.2, 0.25) is 0 Å². The summed E-state index contributed by atoms with van der Waals surface area (Å²) in [5.74, 6) is -0.128. The van der Waals surface area contributed by atoms with Gasteiger partial charge in [0.05, 0.1) is 0 Å². The molecule has 19 heavy (non-hydrogen) atoms. The average Bonchev–Trinajstić information content (AvgIpc) is 2.32. The number of benzene rings is 1. The lowest BCUT2D eigenvalue weighted by Gasteiger charge is -2.31. The number of hydrogen-bond donors (Lipinski definition) is 1. The van der Waals surface area contributed by atoms with Crippen LogP contribution in [0.3, 0.4) is 0 Å². The predicted molar refractivity (Wildman–Crippen MR) is 81.0 cm³/mol. The standard InChI is InChI=1S/C17H28FN/c1-6-9-17(5,12-19-13(2)3)11-15-10-16(18)8-7-14(15)4/h7-8,10,13,19H,6,9,11-12H2,1-5H3. The fourth-order valence-corrected chi connectivity index (χ4v) is 2.58. The van der Waals surface area contributed by atoms with Crippen LogP contribution >= 0.6 is 0 Å². The van der Waals surface area contributed by atoms with Crippen LogP contribution in [0.4, 0.5) is 4.39 Å². The minimum absolute atomic E-state index is 0.128. The third-order valence-corrected chi connectivity index (χ3v) is 3.72. The Bertz CT molecular complexity index is 400. The van der Waals surface area contributed by atoms with Gasteiger partial charge in [-0.2, -0.15) is 0 Å². The van der Waals surface area contributed by atoms with Gasteiger partial charge >= 0.3 is 0 Å². The molecule has 1 aromatic rings. The molecule has 1 unspecified atom stereocenters. The summed E-state index contributed by atoms with van der Waals surface area (Å²) < 4.78 is 13.4. The van der Waals surface area contributed by atoms with E-state index in [2.05, 4.69) is 39.9 Å². The smallest absolute Gasteiger partial charge is 0.123 e. The molecule has 1 rings (SSSR count). The highest BCUT2D eigenvalue weighted by molar-refractivity contribution is 5.27. The van der Waals surface area contributed by atoms with Crippen molar-refractivity contribution in [2.24, 2.45) is 5.41 Å². The summed E-state index contributed by atoms with van der Waals surface area (Å²) in [5, 5.41) is 3.53. The Hall–Kier alpha value is -0.890. The van der Waals surface area contributed by atoms with E-state index in [4.69, 9.17) is 0 Å². The highest BCUT2D eigenvalue weighted by Crippen LogP contribution is 2.29. The summed E-state index contributed by atoms with van der Waals surface area (Å²) in [6.07, 6.45) is 3.25. The zero-order valence-electron chi connectivity index (χ0n) is 13.0. The molecule has 0 aliphatic carbocycles. The van der Waals surface area contributed by atoms with Crippen molar-refractivity contribution in [3.05, 3.63) is 35.1 Å². The van der Waals surface area contributed by atoms with Crippen LogP contribution in [0.25, 0.3) is 0 Å². The number of halogens is 1. The van der Waals surface area contributed by atoms with Crippen LogP contribution in [-0.4, -0.2) is 12.6 Å². The van der Waals surface area contributed by atoms with Crippen LogP contribution in [0.1, 0.15) is 51.7 Å². The number of hydrogen-bond acceptors (Lipinski definition) is 1. The maximum atomic E-state index is 13.4. The molecule has 1 atom stereocenters. The second-order valence-corrected chi connectivity index (χ2v) is 6.34. The molecule has 0 aromatic heterocycles. The predicted octanol–water partition coefficient (Wildman–Crippen LogP) is 4.48. The van der Waals surface area contributed by atoms with E-state index in [9.17, 15) is 4.39 Å². The first-order valence-corrected chi connectivity index (χ1v) is 7.35. The third-order valence-electron chi connectivity index (χ3n) is 3.72. The molecule has 0 saturated heterocycles. The molecule has 0 aliphatic rings. The van der Waals surface area contributed by atoms with Gasteiger partial charge in [0.25, 0.3) is 0 Å². The zero-order valence-corrected chi connectivity index (χ0v) is 13.0. The third kappa shape index (κ3) is 5.32. The van der Waals surface area contributed by atoms with Crippen LogP contribution in [0, 0.1) is 18.2 Å². The van der Waals surface area contributed by atoms with Crippen LogP contribution in [-0.2, 0) is 6.42 Å². The summed E-state index contributed by atoms with van der Waals surface area (Å²) in [4.78, 5) is 0. The molecule has 0 spiro atoms. The molecule has 0 radical (unpaired) electrons. The van der Waals surface area contributed by atoms with Gasteiger partial charge in [0.1, 0.15) is 5.82 Å². The first-order chi connectivity index (χ1) is 8.86. The van der Waals surface area contributed by atoms with E-state index >= 15 is 0 Å². The lowest BCUT2D eigenvalue weighted by atomic mass is 9.78. The summed E-state index contributed by atoms with van der Waals surface area (Å²) in [6, 6.07) is 5.61. The Morgan fingerprint density at radius 3 is 2.58 bits per heavy atom. The van der Waals surface area contributed by atoms with E-state index in [1.807, 2.05) is 6.07 Å². The SMILES string of the molecule is CCCC(C)(CNC(C)C)Cc1cc(F)ccc1C. The van der Waals surface area contributed by atoms with E-state index in [0.717, 1.165) is 31.4 Å². The van der Waals surface area contributed by atoms with Gasteiger partial charge < -0.3 is 5.32 Å². The van der Waals surface area contributed by atoms with Crippen LogP contribution < -0.4 is 5.32 Å². The Morgan fingerprint density at radius 1 is 1.32 bits per heavy atom. The van der Waals surface area contributed by atoms with Crippen molar-refractivity contribution in [2.45, 2.75) is 59.9 Å². The molecule has 1 aromatic carbocycles. The Labute approximate surface area is 117 Å². The Balaban J connectivity index is 2.84. The van der Waals surface area contributed by atoms with Crippen molar-refractivity contribution in [3.8, 4) is 0 Å². The largest absolute Gasteiger partial charge is 0.314 e. The van der Waals surface area contributed by atoms with Gasteiger partial charge in [0.15, 0.2) is 0 Å². The van der Waals surface area contributed by atoms with Gasteiger partial charge in [-0.25, -0.2) is 4.39 Å². The first kappa shape index (κ1) is 16.2. The van der Waals surface area contributed by atoms with E-state index in [1.165, 1.54) is 5.56 Å². The van der Waals surface area contributed by atoms with Crippen molar-refractivity contribution in [3.63, 3.8) is 0 Å². The van der Waals surface area contributed by atoms with E-state index in [-0.39, 0.29) is 11.2 Å². The molecule has 0 heterocycles. The van der Waals surface area contributed by atoms with Gasteiger partial charge in [-0.05, 0) is 48.4 Å². The number of rotatable bonds is 7. The van der Waals surface area contributed by atoms with Gasteiger partial charge in [-0.3, -0.25) is 0 Å². The lowest BCUT2D eigenvalue weighted by Crippen LogP contribution is -2.37. The number of aryl methyl sites for hydroxylation is 1. The van der Waals surface area contributed by atoms with Gasteiger partial charge in [0, 0.05) is 12.6 Å². The second-order valence-electron chi connectivity index (χ2n) is 6.34. The maximum Gasteiger partial charge on any atom is 0.123 e. The van der Waals surface area contributed by atoms with E-state index < -0.39 is 0 Å². The van der Waals surface area contributed by atoms with Crippen LogP contribution in [0.5, 0.6) is 0 Å².